The minimum atomic E-state index is -0.376. The summed E-state index contributed by atoms with van der Waals surface area (Å²) in [7, 11) is 0. The van der Waals surface area contributed by atoms with Crippen LogP contribution in [0.25, 0.3) is 0 Å². The maximum absolute atomic E-state index is 13.4. The number of carbonyl (C=O) groups excluding carboxylic acids is 2. The van der Waals surface area contributed by atoms with Crippen molar-refractivity contribution >= 4 is 11.8 Å². The standard InChI is InChI=1S/C23H30N6O4/c1-22(2)19(23(22,3)4)21(31)28-11-15-17(12-28)33-13-14-10-29(27-26-14)8-9-32-16-6-5-7-24-18(16)20(30)25-15/h5-7,10,15,17,19H,8-9,11-13H2,1-4H3,(H,25,30)/t15-,17-/m0/s1. The summed E-state index contributed by atoms with van der Waals surface area (Å²) in [6, 6.07) is 3.07. The maximum Gasteiger partial charge on any atom is 0.274 e. The molecule has 3 aliphatic rings. The molecule has 2 atom stereocenters. The largest absolute Gasteiger partial charge is 0.489 e. The molecule has 33 heavy (non-hydrogen) atoms. The molecule has 10 heteroatoms. The zero-order valence-electron chi connectivity index (χ0n) is 19.4. The molecule has 0 aromatic carbocycles. The number of nitrogens with one attached hydrogen (secondary N) is 1. The summed E-state index contributed by atoms with van der Waals surface area (Å²) < 4.78 is 13.7. The second kappa shape index (κ2) is 7.79. The van der Waals surface area contributed by atoms with E-state index in [1.165, 1.54) is 0 Å². The first-order chi connectivity index (χ1) is 15.7. The Morgan fingerprint density at radius 1 is 1.21 bits per heavy atom. The Morgan fingerprint density at radius 3 is 2.76 bits per heavy atom. The highest BCUT2D eigenvalue weighted by Gasteiger charge is 2.69. The van der Waals surface area contributed by atoms with E-state index >= 15 is 0 Å². The summed E-state index contributed by atoms with van der Waals surface area (Å²) in [6.07, 6.45) is 3.01. The fourth-order valence-electron chi connectivity index (χ4n) is 5.13. The van der Waals surface area contributed by atoms with Gasteiger partial charge in [-0.05, 0) is 23.0 Å². The van der Waals surface area contributed by atoms with Crippen LogP contribution in [0.2, 0.25) is 0 Å². The van der Waals surface area contributed by atoms with Gasteiger partial charge in [-0.15, -0.1) is 5.10 Å². The molecule has 0 spiro atoms. The molecule has 0 unspecified atom stereocenters. The quantitative estimate of drug-likeness (QED) is 0.691. The maximum atomic E-state index is 13.4. The van der Waals surface area contributed by atoms with E-state index in [0.717, 1.165) is 0 Å². The van der Waals surface area contributed by atoms with Crippen molar-refractivity contribution < 1.29 is 19.1 Å². The first kappa shape index (κ1) is 21.8. The molecular weight excluding hydrogens is 424 g/mol. The second-order valence-electron chi connectivity index (χ2n) is 10.2. The SMILES string of the molecule is CC1(C)C(C(=O)N2C[C@@H]3NC(=O)c4ncccc4OCCn4cc(nn4)CO[C@H]3C2)C1(C)C. The van der Waals surface area contributed by atoms with Gasteiger partial charge in [0.25, 0.3) is 5.91 Å². The number of carbonyl (C=O) groups is 2. The predicted octanol–water partition coefficient (Wildman–Crippen LogP) is 1.27. The van der Waals surface area contributed by atoms with E-state index in [0.29, 0.717) is 37.7 Å². The van der Waals surface area contributed by atoms with Crippen molar-refractivity contribution in [3.8, 4) is 5.75 Å². The van der Waals surface area contributed by atoms with Gasteiger partial charge in [0.05, 0.1) is 31.5 Å². The van der Waals surface area contributed by atoms with Crippen LogP contribution in [0.15, 0.2) is 24.5 Å². The molecule has 176 valence electrons. The molecule has 1 saturated heterocycles. The van der Waals surface area contributed by atoms with E-state index in [1.54, 1.807) is 23.0 Å². The first-order valence-corrected chi connectivity index (χ1v) is 11.4. The Kier molecular flexibility index (Phi) is 5.15. The summed E-state index contributed by atoms with van der Waals surface area (Å²) in [4.78, 5) is 32.5. The van der Waals surface area contributed by atoms with Gasteiger partial charge in [-0.3, -0.25) is 9.59 Å². The van der Waals surface area contributed by atoms with E-state index in [9.17, 15) is 9.59 Å². The fourth-order valence-corrected chi connectivity index (χ4v) is 5.13. The molecule has 2 aliphatic heterocycles. The van der Waals surface area contributed by atoms with Crippen molar-refractivity contribution in [2.75, 3.05) is 19.7 Å². The molecule has 2 aromatic heterocycles. The lowest BCUT2D eigenvalue weighted by Gasteiger charge is -2.20. The van der Waals surface area contributed by atoms with Crippen molar-refractivity contribution in [1.82, 2.24) is 30.2 Å². The van der Waals surface area contributed by atoms with Crippen LogP contribution in [0.5, 0.6) is 5.75 Å². The van der Waals surface area contributed by atoms with Crippen LogP contribution in [-0.4, -0.2) is 68.5 Å². The van der Waals surface area contributed by atoms with Gasteiger partial charge < -0.3 is 19.7 Å². The van der Waals surface area contributed by atoms with E-state index in [2.05, 4.69) is 48.3 Å². The van der Waals surface area contributed by atoms with Crippen molar-refractivity contribution in [3.05, 3.63) is 35.9 Å². The van der Waals surface area contributed by atoms with Gasteiger partial charge in [-0.1, -0.05) is 32.9 Å². The van der Waals surface area contributed by atoms with Crippen molar-refractivity contribution in [3.63, 3.8) is 0 Å². The lowest BCUT2D eigenvalue weighted by molar-refractivity contribution is -0.133. The zero-order valence-corrected chi connectivity index (χ0v) is 19.4. The Balaban J connectivity index is 1.40. The van der Waals surface area contributed by atoms with Gasteiger partial charge >= 0.3 is 0 Å². The number of aromatic nitrogens is 4. The smallest absolute Gasteiger partial charge is 0.274 e. The number of hydrogen-bond acceptors (Lipinski definition) is 7. The number of hydrogen-bond donors (Lipinski definition) is 1. The molecule has 0 radical (unpaired) electrons. The lowest BCUT2D eigenvalue weighted by atomic mass is 10.0. The molecule has 1 saturated carbocycles. The van der Waals surface area contributed by atoms with Crippen molar-refractivity contribution in [1.29, 1.82) is 0 Å². The van der Waals surface area contributed by atoms with E-state index < -0.39 is 0 Å². The van der Waals surface area contributed by atoms with E-state index in [-0.39, 0.29) is 53.0 Å². The Bertz CT molecular complexity index is 1070. The molecule has 1 aliphatic carbocycles. The summed E-state index contributed by atoms with van der Waals surface area (Å²) in [5, 5.41) is 11.3. The minimum Gasteiger partial charge on any atom is -0.489 e. The number of ether oxygens (including phenoxy) is 2. The molecule has 1 N–H and O–H groups in total. The van der Waals surface area contributed by atoms with Gasteiger partial charge in [-0.2, -0.15) is 0 Å². The summed E-state index contributed by atoms with van der Waals surface area (Å²) in [5.74, 6) is 0.114. The predicted molar refractivity (Wildman–Crippen MR) is 117 cm³/mol. The van der Waals surface area contributed by atoms with E-state index in [4.69, 9.17) is 9.47 Å². The number of amides is 2. The highest BCUT2D eigenvalue weighted by molar-refractivity contribution is 5.95. The van der Waals surface area contributed by atoms with Crippen LogP contribution < -0.4 is 10.1 Å². The number of fused-ring (bicyclic) bond motifs is 4. The molecule has 2 amide bonds. The van der Waals surface area contributed by atoms with Gasteiger partial charge in [0.2, 0.25) is 5.91 Å². The number of rotatable bonds is 1. The van der Waals surface area contributed by atoms with Crippen LogP contribution in [0.1, 0.15) is 43.9 Å². The lowest BCUT2D eigenvalue weighted by Crippen LogP contribution is -2.44. The summed E-state index contributed by atoms with van der Waals surface area (Å²) in [6.45, 7) is 10.4. The van der Waals surface area contributed by atoms with Gasteiger partial charge in [0.15, 0.2) is 11.4 Å². The highest BCUT2D eigenvalue weighted by atomic mass is 16.5. The molecule has 2 fully saturated rings. The third kappa shape index (κ3) is 3.76. The van der Waals surface area contributed by atoms with Crippen LogP contribution in [0.3, 0.4) is 0 Å². The molecule has 5 rings (SSSR count). The Labute approximate surface area is 192 Å². The molecule has 2 aromatic rings. The number of nitrogens with zero attached hydrogens (tertiary/aromatic N) is 5. The molecule has 2 bridgehead atoms. The first-order valence-electron chi connectivity index (χ1n) is 11.4. The zero-order chi connectivity index (χ0) is 23.4. The summed E-state index contributed by atoms with van der Waals surface area (Å²) in [5.41, 5.74) is 0.779. The summed E-state index contributed by atoms with van der Waals surface area (Å²) >= 11 is 0. The number of likely N-dealkylation sites (tertiary alicyclic amines) is 1. The average molecular weight is 455 g/mol. The van der Waals surface area contributed by atoms with Crippen LogP contribution >= 0.6 is 0 Å². The van der Waals surface area contributed by atoms with Gasteiger partial charge in [0.1, 0.15) is 12.3 Å². The van der Waals surface area contributed by atoms with Crippen LogP contribution in [0, 0.1) is 16.7 Å². The molecular formula is C23H30N6O4. The average Bonchev–Trinajstić information content (AvgIpc) is 3.19. The Hall–Kier alpha value is -3.01. The minimum absolute atomic E-state index is 0.0510. The van der Waals surface area contributed by atoms with E-state index in [1.807, 2.05) is 11.1 Å². The van der Waals surface area contributed by atoms with Crippen LogP contribution in [0.4, 0.5) is 0 Å². The van der Waals surface area contributed by atoms with Crippen molar-refractivity contribution in [2.24, 2.45) is 16.7 Å². The number of pyridine rings is 1. The highest BCUT2D eigenvalue weighted by Crippen LogP contribution is 2.68. The topological polar surface area (TPSA) is 111 Å². The molecule has 4 heterocycles. The second-order valence-corrected chi connectivity index (χ2v) is 10.2. The Morgan fingerprint density at radius 2 is 2.00 bits per heavy atom. The van der Waals surface area contributed by atoms with Crippen molar-refractivity contribution in [2.45, 2.75) is 53.0 Å². The monoisotopic (exact) mass is 454 g/mol. The van der Waals surface area contributed by atoms with Crippen LogP contribution in [-0.2, 0) is 22.7 Å². The third-order valence-corrected chi connectivity index (χ3v) is 7.76. The third-order valence-electron chi connectivity index (χ3n) is 7.76. The normalized spacial score (nSPS) is 26.4. The van der Waals surface area contributed by atoms with Gasteiger partial charge in [-0.25, -0.2) is 9.67 Å². The molecule has 10 nitrogen and oxygen atoms in total. The van der Waals surface area contributed by atoms with Gasteiger partial charge in [0, 0.05) is 25.2 Å². The fraction of sp³-hybridized carbons (Fsp3) is 0.609.